The summed E-state index contributed by atoms with van der Waals surface area (Å²) in [6.45, 7) is 0. The minimum absolute atomic E-state index is 0. The van der Waals surface area contributed by atoms with E-state index in [1.54, 1.807) is 0 Å². The second-order valence-electron chi connectivity index (χ2n) is 2.05. The summed E-state index contributed by atoms with van der Waals surface area (Å²) in [5.74, 6) is 0. The largest absolute Gasteiger partial charge is 2.00 e. The summed E-state index contributed by atoms with van der Waals surface area (Å²) in [7, 11) is 0. The summed E-state index contributed by atoms with van der Waals surface area (Å²) in [4.78, 5) is 0. The second kappa shape index (κ2) is 7.44. The van der Waals surface area contributed by atoms with Gasteiger partial charge in [-0.05, 0) is 6.42 Å². The molecule has 0 fully saturated rings. The summed E-state index contributed by atoms with van der Waals surface area (Å²) >= 11 is 0. The van der Waals surface area contributed by atoms with Crippen LogP contribution in [0, 0.1) is 0 Å². The minimum Gasteiger partial charge on any atom is -0.214 e. The molecule has 11 heavy (non-hydrogen) atoms. The van der Waals surface area contributed by atoms with E-state index < -0.39 is 0 Å². The summed E-state index contributed by atoms with van der Waals surface area (Å²) in [6.07, 6.45) is 9.50. The Bertz CT molecular complexity index is 167. The molecule has 1 aromatic rings. The first-order chi connectivity index (χ1) is 5.00. The topological polar surface area (TPSA) is 0 Å². The van der Waals surface area contributed by atoms with Gasteiger partial charge in [-0.1, -0.05) is 24.3 Å². The van der Waals surface area contributed by atoms with Crippen LogP contribution in [0.25, 0.3) is 0 Å². The van der Waals surface area contributed by atoms with Crippen LogP contribution in [0.4, 0.5) is 0 Å². The van der Waals surface area contributed by atoms with Crippen LogP contribution < -0.4 is 0 Å². The van der Waals surface area contributed by atoms with Crippen molar-refractivity contribution in [2.75, 3.05) is 0 Å². The third-order valence-electron chi connectivity index (χ3n) is 1.21. The zero-order chi connectivity index (χ0) is 7.07. The van der Waals surface area contributed by atoms with Crippen molar-refractivity contribution in [1.29, 1.82) is 0 Å². The molecule has 1 heteroatoms. The fraction of sp³-hybridized carbons (Fsp3) is 0.100. The van der Waals surface area contributed by atoms with Crippen LogP contribution in [0.1, 0.15) is 6.42 Å². The number of allylic oxidation sites excluding steroid dienone is 4. The summed E-state index contributed by atoms with van der Waals surface area (Å²) < 4.78 is 0. The summed E-state index contributed by atoms with van der Waals surface area (Å²) in [6, 6.07) is 10.0. The Morgan fingerprint density at radius 3 is 1.64 bits per heavy atom. The van der Waals surface area contributed by atoms with Crippen molar-refractivity contribution >= 4 is 0 Å². The first-order valence-electron chi connectivity index (χ1n) is 3.48. The van der Waals surface area contributed by atoms with Gasteiger partial charge in [-0.15, -0.1) is 0 Å². The molecule has 1 radical (unpaired) electrons. The molecule has 1 aliphatic rings. The van der Waals surface area contributed by atoms with Gasteiger partial charge in [0.15, 0.2) is 0 Å². The van der Waals surface area contributed by atoms with Crippen LogP contribution in [0.2, 0.25) is 0 Å². The van der Waals surface area contributed by atoms with Gasteiger partial charge in [-0.2, -0.15) is 18.2 Å². The van der Waals surface area contributed by atoms with E-state index in [-0.39, 0.29) is 16.8 Å². The van der Waals surface area contributed by atoms with E-state index in [1.807, 2.05) is 30.3 Å². The van der Waals surface area contributed by atoms with Crippen molar-refractivity contribution < 1.29 is 16.8 Å². The summed E-state index contributed by atoms with van der Waals surface area (Å²) in [5.41, 5.74) is 0. The van der Waals surface area contributed by atoms with Crippen molar-refractivity contribution in [3.63, 3.8) is 0 Å². The zero-order valence-corrected chi connectivity index (χ0v) is 7.28. The molecule has 0 atom stereocenters. The van der Waals surface area contributed by atoms with E-state index >= 15 is 0 Å². The Morgan fingerprint density at radius 1 is 0.909 bits per heavy atom. The molecule has 1 aromatic carbocycles. The van der Waals surface area contributed by atoms with Crippen LogP contribution in [0.3, 0.4) is 0 Å². The van der Waals surface area contributed by atoms with E-state index in [2.05, 4.69) is 24.3 Å². The van der Waals surface area contributed by atoms with Gasteiger partial charge < -0.3 is 0 Å². The molecule has 0 nitrogen and oxygen atoms in total. The summed E-state index contributed by atoms with van der Waals surface area (Å²) in [5, 5.41) is 0. The molecule has 0 spiro atoms. The number of hydrogen-bond acceptors (Lipinski definition) is 0. The first-order valence-corrected chi connectivity index (χ1v) is 3.48. The third-order valence-corrected chi connectivity index (χ3v) is 1.21. The minimum atomic E-state index is 0. The van der Waals surface area contributed by atoms with Gasteiger partial charge in [-0.25, -0.2) is 12.1 Å². The predicted molar refractivity (Wildman–Crippen MR) is 44.9 cm³/mol. The number of hydrogen-bond donors (Lipinski definition) is 0. The van der Waals surface area contributed by atoms with Gasteiger partial charge in [0.25, 0.3) is 0 Å². The maximum Gasteiger partial charge on any atom is 2.00 e. The predicted octanol–water partition coefficient (Wildman–Crippen LogP) is 2.91. The van der Waals surface area contributed by atoms with Crippen LogP contribution in [0.15, 0.2) is 54.6 Å². The quantitative estimate of drug-likeness (QED) is 0.552. The fourth-order valence-corrected chi connectivity index (χ4v) is 0.714. The van der Waals surface area contributed by atoms with Gasteiger partial charge in [-0.3, -0.25) is 0 Å². The Hall–Kier alpha value is -0.664. The standard InChI is InChI=1S/C5H6.C5H5.Co/c2*1-2-4-5-3-1;/h1-4H,5H2;1-5H;/q;-1;+2. The van der Waals surface area contributed by atoms with Gasteiger partial charge in [0.1, 0.15) is 0 Å². The SMILES string of the molecule is C1=CCC=C1.[Co+2].c1cc[cH-]c1. The number of rotatable bonds is 0. The van der Waals surface area contributed by atoms with Crippen LogP contribution >= 0.6 is 0 Å². The Kier molecular flexibility index (Phi) is 6.99. The van der Waals surface area contributed by atoms with Crippen molar-refractivity contribution in [2.24, 2.45) is 0 Å². The average Bonchev–Trinajstić information content (AvgIpc) is 2.67. The van der Waals surface area contributed by atoms with Gasteiger partial charge in [0.2, 0.25) is 0 Å². The first kappa shape index (κ1) is 10.3. The Morgan fingerprint density at radius 2 is 1.45 bits per heavy atom. The molecular formula is C10H11Co+. The molecular weight excluding hydrogens is 179 g/mol. The third kappa shape index (κ3) is 5.76. The Balaban J connectivity index is 0.000000167. The molecule has 0 saturated carbocycles. The normalized spacial score (nSPS) is 11.6. The molecule has 0 saturated heterocycles. The monoisotopic (exact) mass is 190 g/mol. The molecule has 0 amide bonds. The maximum atomic E-state index is 2.12. The van der Waals surface area contributed by atoms with Crippen molar-refractivity contribution in [2.45, 2.75) is 6.42 Å². The average molecular weight is 190 g/mol. The zero-order valence-electron chi connectivity index (χ0n) is 6.24. The Labute approximate surface area is 78.2 Å². The van der Waals surface area contributed by atoms with Crippen molar-refractivity contribution in [3.8, 4) is 0 Å². The molecule has 0 aliphatic heterocycles. The molecule has 0 aromatic heterocycles. The molecule has 0 N–H and O–H groups in total. The molecule has 2 rings (SSSR count). The van der Waals surface area contributed by atoms with E-state index in [0.29, 0.717) is 0 Å². The van der Waals surface area contributed by atoms with E-state index in [9.17, 15) is 0 Å². The van der Waals surface area contributed by atoms with Crippen LogP contribution in [-0.4, -0.2) is 0 Å². The molecule has 0 unspecified atom stereocenters. The maximum absolute atomic E-state index is 2.12. The van der Waals surface area contributed by atoms with E-state index in [0.717, 1.165) is 6.42 Å². The molecule has 1 aliphatic carbocycles. The van der Waals surface area contributed by atoms with Gasteiger partial charge in [0.05, 0.1) is 0 Å². The van der Waals surface area contributed by atoms with Crippen LogP contribution in [-0.2, 0) is 16.8 Å². The molecule has 0 heterocycles. The fourth-order valence-electron chi connectivity index (χ4n) is 0.714. The van der Waals surface area contributed by atoms with Crippen molar-refractivity contribution in [3.05, 3.63) is 54.6 Å². The van der Waals surface area contributed by atoms with Crippen LogP contribution in [0.5, 0.6) is 0 Å². The molecule has 59 valence electrons. The van der Waals surface area contributed by atoms with Gasteiger partial charge >= 0.3 is 16.8 Å². The van der Waals surface area contributed by atoms with E-state index in [1.165, 1.54) is 0 Å². The molecule has 0 bridgehead atoms. The smallest absolute Gasteiger partial charge is 0.214 e. The van der Waals surface area contributed by atoms with E-state index in [4.69, 9.17) is 0 Å². The second-order valence-corrected chi connectivity index (χ2v) is 2.05. The van der Waals surface area contributed by atoms with Gasteiger partial charge in [0, 0.05) is 0 Å². The van der Waals surface area contributed by atoms with Crippen molar-refractivity contribution in [1.82, 2.24) is 0 Å².